The summed E-state index contributed by atoms with van der Waals surface area (Å²) in [4.78, 5) is 8.34. The maximum Gasteiger partial charge on any atom is 0.220 e. The fourth-order valence-corrected chi connectivity index (χ4v) is 1.56. The zero-order valence-electron chi connectivity index (χ0n) is 8.63. The second-order valence-corrected chi connectivity index (χ2v) is 3.62. The summed E-state index contributed by atoms with van der Waals surface area (Å²) in [6, 6.07) is 4.16. The van der Waals surface area contributed by atoms with E-state index < -0.39 is 0 Å². The zero-order chi connectivity index (χ0) is 10.3. The smallest absolute Gasteiger partial charge is 0.220 e. The highest BCUT2D eigenvalue weighted by Gasteiger charge is 2.04. The van der Waals surface area contributed by atoms with Crippen LogP contribution in [0.1, 0.15) is 16.8 Å². The Kier molecular flexibility index (Phi) is 1.88. The molecule has 0 spiro atoms. The number of aromatic nitrogens is 2. The highest BCUT2D eigenvalue weighted by molar-refractivity contribution is 5.83. The molecule has 0 saturated heterocycles. The summed E-state index contributed by atoms with van der Waals surface area (Å²) in [5, 5.41) is 1.09. The second kappa shape index (κ2) is 2.94. The van der Waals surface area contributed by atoms with Gasteiger partial charge in [0.1, 0.15) is 0 Å². The molecule has 0 unspecified atom stereocenters. The Morgan fingerprint density at radius 2 is 1.64 bits per heavy atom. The van der Waals surface area contributed by atoms with Gasteiger partial charge in [0.05, 0.1) is 11.2 Å². The van der Waals surface area contributed by atoms with Crippen molar-refractivity contribution in [3.05, 3.63) is 29.0 Å². The molecule has 72 valence electrons. The van der Waals surface area contributed by atoms with Crippen LogP contribution in [0.3, 0.4) is 0 Å². The number of anilines is 1. The molecule has 0 fully saturated rings. The first-order valence-corrected chi connectivity index (χ1v) is 4.59. The first-order valence-electron chi connectivity index (χ1n) is 4.59. The monoisotopic (exact) mass is 187 g/mol. The Morgan fingerprint density at radius 3 is 2.36 bits per heavy atom. The molecule has 1 aromatic heterocycles. The van der Waals surface area contributed by atoms with Gasteiger partial charge >= 0.3 is 0 Å². The van der Waals surface area contributed by atoms with Crippen molar-refractivity contribution in [2.45, 2.75) is 20.8 Å². The molecule has 2 rings (SSSR count). The Morgan fingerprint density at radius 1 is 1.00 bits per heavy atom. The van der Waals surface area contributed by atoms with Crippen molar-refractivity contribution in [1.29, 1.82) is 0 Å². The van der Waals surface area contributed by atoms with E-state index in [1.807, 2.05) is 6.92 Å². The average Bonchev–Trinajstić information content (AvgIpc) is 2.08. The summed E-state index contributed by atoms with van der Waals surface area (Å²) in [6.45, 7) is 6.11. The maximum atomic E-state index is 5.59. The summed E-state index contributed by atoms with van der Waals surface area (Å²) >= 11 is 0. The molecular weight excluding hydrogens is 174 g/mol. The van der Waals surface area contributed by atoms with Crippen LogP contribution in [0.4, 0.5) is 5.95 Å². The van der Waals surface area contributed by atoms with Gasteiger partial charge in [0, 0.05) is 5.39 Å². The van der Waals surface area contributed by atoms with Gasteiger partial charge in [-0.15, -0.1) is 0 Å². The van der Waals surface area contributed by atoms with Crippen LogP contribution in [0, 0.1) is 20.8 Å². The maximum absolute atomic E-state index is 5.59. The molecule has 14 heavy (non-hydrogen) atoms. The van der Waals surface area contributed by atoms with Crippen LogP contribution in [-0.2, 0) is 0 Å². The molecule has 0 saturated carbocycles. The lowest BCUT2D eigenvalue weighted by Crippen LogP contribution is -1.98. The Balaban J connectivity index is 2.89. The Hall–Kier alpha value is -1.64. The molecule has 0 aliphatic carbocycles. The topological polar surface area (TPSA) is 51.8 Å². The minimum absolute atomic E-state index is 0.346. The fraction of sp³-hybridized carbons (Fsp3) is 0.273. The van der Waals surface area contributed by atoms with Crippen LogP contribution >= 0.6 is 0 Å². The average molecular weight is 187 g/mol. The van der Waals surface area contributed by atoms with E-state index in [1.54, 1.807) is 0 Å². The fourth-order valence-electron chi connectivity index (χ4n) is 1.56. The predicted molar refractivity (Wildman–Crippen MR) is 58.2 cm³/mol. The summed E-state index contributed by atoms with van der Waals surface area (Å²) in [7, 11) is 0. The third-order valence-electron chi connectivity index (χ3n) is 2.52. The van der Waals surface area contributed by atoms with Crippen LogP contribution in [0.25, 0.3) is 10.9 Å². The van der Waals surface area contributed by atoms with E-state index >= 15 is 0 Å². The minimum Gasteiger partial charge on any atom is -0.368 e. The van der Waals surface area contributed by atoms with Crippen molar-refractivity contribution < 1.29 is 0 Å². The SMILES string of the molecule is Cc1cc2nc(N)nc(C)c2cc1C. The largest absolute Gasteiger partial charge is 0.368 e. The molecule has 1 heterocycles. The quantitative estimate of drug-likeness (QED) is 0.687. The summed E-state index contributed by atoms with van der Waals surface area (Å²) < 4.78 is 0. The van der Waals surface area contributed by atoms with Gasteiger partial charge in [-0.3, -0.25) is 0 Å². The molecule has 0 atom stereocenters. The number of hydrogen-bond donors (Lipinski definition) is 1. The molecule has 1 aromatic carbocycles. The van der Waals surface area contributed by atoms with Gasteiger partial charge in [-0.1, -0.05) is 0 Å². The van der Waals surface area contributed by atoms with Crippen LogP contribution in [0.15, 0.2) is 12.1 Å². The number of fused-ring (bicyclic) bond motifs is 1. The summed E-state index contributed by atoms with van der Waals surface area (Å²) in [6.07, 6.45) is 0. The Bertz CT molecular complexity index is 503. The molecule has 2 aromatic rings. The van der Waals surface area contributed by atoms with Crippen molar-refractivity contribution in [3.63, 3.8) is 0 Å². The highest BCUT2D eigenvalue weighted by Crippen LogP contribution is 2.20. The first kappa shape index (κ1) is 8.94. The van der Waals surface area contributed by atoms with Gasteiger partial charge in [0.15, 0.2) is 0 Å². The molecule has 0 radical (unpaired) electrons. The molecule has 0 bridgehead atoms. The molecule has 2 N–H and O–H groups in total. The number of benzene rings is 1. The van der Waals surface area contributed by atoms with Crippen molar-refractivity contribution in [2.75, 3.05) is 5.73 Å². The molecular formula is C11H13N3. The van der Waals surface area contributed by atoms with Crippen molar-refractivity contribution in [1.82, 2.24) is 9.97 Å². The van der Waals surface area contributed by atoms with Crippen LogP contribution in [-0.4, -0.2) is 9.97 Å². The number of aryl methyl sites for hydroxylation is 3. The zero-order valence-corrected chi connectivity index (χ0v) is 8.63. The van der Waals surface area contributed by atoms with E-state index in [0.29, 0.717) is 5.95 Å². The molecule has 0 amide bonds. The van der Waals surface area contributed by atoms with E-state index in [4.69, 9.17) is 5.73 Å². The molecule has 3 nitrogen and oxygen atoms in total. The summed E-state index contributed by atoms with van der Waals surface area (Å²) in [5.74, 6) is 0.346. The lowest BCUT2D eigenvalue weighted by atomic mass is 10.1. The highest BCUT2D eigenvalue weighted by atomic mass is 15.0. The van der Waals surface area contributed by atoms with E-state index in [0.717, 1.165) is 16.6 Å². The van der Waals surface area contributed by atoms with E-state index in [1.165, 1.54) is 11.1 Å². The van der Waals surface area contributed by atoms with Crippen molar-refractivity contribution >= 4 is 16.9 Å². The van der Waals surface area contributed by atoms with Crippen molar-refractivity contribution in [2.24, 2.45) is 0 Å². The molecule has 0 aliphatic heterocycles. The predicted octanol–water partition coefficient (Wildman–Crippen LogP) is 2.14. The lowest BCUT2D eigenvalue weighted by molar-refractivity contribution is 1.16. The van der Waals surface area contributed by atoms with Gasteiger partial charge in [-0.05, 0) is 44.0 Å². The van der Waals surface area contributed by atoms with E-state index in [-0.39, 0.29) is 0 Å². The normalized spacial score (nSPS) is 10.8. The van der Waals surface area contributed by atoms with Crippen LogP contribution in [0.5, 0.6) is 0 Å². The van der Waals surface area contributed by atoms with E-state index in [2.05, 4.69) is 35.9 Å². The summed E-state index contributed by atoms with van der Waals surface area (Å²) in [5.41, 5.74) is 9.95. The standard InChI is InChI=1S/C11H13N3/c1-6-4-9-8(3)13-11(12)14-10(9)5-7(6)2/h4-5H,1-3H3,(H2,12,13,14). The van der Waals surface area contributed by atoms with E-state index in [9.17, 15) is 0 Å². The van der Waals surface area contributed by atoms with Gasteiger partial charge < -0.3 is 5.73 Å². The van der Waals surface area contributed by atoms with Crippen molar-refractivity contribution in [3.8, 4) is 0 Å². The third kappa shape index (κ3) is 1.31. The molecule has 3 heteroatoms. The van der Waals surface area contributed by atoms with Gasteiger partial charge in [-0.2, -0.15) is 0 Å². The Labute approximate surface area is 83.0 Å². The molecule has 0 aliphatic rings. The number of nitrogens with zero attached hydrogens (tertiary/aromatic N) is 2. The number of hydrogen-bond acceptors (Lipinski definition) is 3. The third-order valence-corrected chi connectivity index (χ3v) is 2.52. The van der Waals surface area contributed by atoms with Gasteiger partial charge in [0.25, 0.3) is 0 Å². The van der Waals surface area contributed by atoms with Gasteiger partial charge in [-0.25, -0.2) is 9.97 Å². The minimum atomic E-state index is 0.346. The number of nitrogen functional groups attached to an aromatic ring is 1. The number of nitrogens with two attached hydrogens (primary N) is 1. The van der Waals surface area contributed by atoms with Gasteiger partial charge in [0.2, 0.25) is 5.95 Å². The van der Waals surface area contributed by atoms with Crippen LogP contribution < -0.4 is 5.73 Å². The number of rotatable bonds is 0. The van der Waals surface area contributed by atoms with Crippen LogP contribution in [0.2, 0.25) is 0 Å². The first-order chi connectivity index (χ1) is 6.58. The lowest BCUT2D eigenvalue weighted by Gasteiger charge is -2.05. The second-order valence-electron chi connectivity index (χ2n) is 3.62.